The number of hydrogen-bond acceptors (Lipinski definition) is 4. The fraction of sp³-hybridized carbons (Fsp3) is 0.385. The lowest BCUT2D eigenvalue weighted by molar-refractivity contribution is -0.147. The van der Waals surface area contributed by atoms with Gasteiger partial charge in [-0.1, -0.05) is 12.2 Å². The van der Waals surface area contributed by atoms with Crippen LogP contribution < -0.4 is 5.32 Å². The number of nitrogens with one attached hydrogen (secondary N) is 1. The molecule has 0 saturated carbocycles. The normalized spacial score (nSPS) is 21.9. The Morgan fingerprint density at radius 3 is 2.68 bits per heavy atom. The van der Waals surface area contributed by atoms with Gasteiger partial charge in [0.25, 0.3) is 0 Å². The molecule has 0 aromatic carbocycles. The van der Waals surface area contributed by atoms with E-state index in [-0.39, 0.29) is 12.5 Å². The van der Waals surface area contributed by atoms with Crippen LogP contribution in [0.3, 0.4) is 0 Å². The molecule has 6 heteroatoms. The molecular formula is C13H15N3O3. The third kappa shape index (κ3) is 3.37. The van der Waals surface area contributed by atoms with E-state index >= 15 is 0 Å². The maximum Gasteiger partial charge on any atom is 0.307 e. The topological polar surface area (TPSA) is 92.2 Å². The van der Waals surface area contributed by atoms with E-state index in [1.54, 1.807) is 12.3 Å². The number of nitrogens with zero attached hydrogens (tertiary/aromatic N) is 2. The first-order valence-corrected chi connectivity index (χ1v) is 6.09. The van der Waals surface area contributed by atoms with Gasteiger partial charge in [0.1, 0.15) is 6.33 Å². The Morgan fingerprint density at radius 1 is 1.32 bits per heavy atom. The number of hydrogen-bond donors (Lipinski definition) is 2. The summed E-state index contributed by atoms with van der Waals surface area (Å²) in [5, 5.41) is 11.8. The van der Waals surface area contributed by atoms with E-state index < -0.39 is 17.8 Å². The molecule has 0 aliphatic heterocycles. The van der Waals surface area contributed by atoms with Crippen molar-refractivity contribution in [2.45, 2.75) is 19.4 Å². The Bertz CT molecular complexity index is 487. The van der Waals surface area contributed by atoms with Crippen molar-refractivity contribution in [2.75, 3.05) is 0 Å². The van der Waals surface area contributed by atoms with Crippen LogP contribution in [0, 0.1) is 11.8 Å². The predicted octanol–water partition coefficient (Wildman–Crippen LogP) is 0.760. The minimum Gasteiger partial charge on any atom is -0.481 e. The van der Waals surface area contributed by atoms with Crippen LogP contribution >= 0.6 is 0 Å². The van der Waals surface area contributed by atoms with Gasteiger partial charge in [0.15, 0.2) is 0 Å². The highest BCUT2D eigenvalue weighted by Crippen LogP contribution is 2.26. The molecule has 0 saturated heterocycles. The van der Waals surface area contributed by atoms with Gasteiger partial charge in [0.05, 0.1) is 24.1 Å². The summed E-state index contributed by atoms with van der Waals surface area (Å²) in [6.07, 6.45) is 7.54. The van der Waals surface area contributed by atoms with Gasteiger partial charge in [-0.25, -0.2) is 9.97 Å². The minimum absolute atomic E-state index is 0.240. The molecule has 2 unspecified atom stereocenters. The predicted molar refractivity (Wildman–Crippen MR) is 66.9 cm³/mol. The molecule has 1 aliphatic rings. The number of carbonyl (C=O) groups is 2. The lowest BCUT2D eigenvalue weighted by atomic mass is 9.82. The molecule has 2 N–H and O–H groups in total. The number of aromatic nitrogens is 2. The zero-order chi connectivity index (χ0) is 13.7. The molecule has 1 aromatic heterocycles. The highest BCUT2D eigenvalue weighted by Gasteiger charge is 2.33. The molecule has 1 heterocycles. The third-order valence-electron chi connectivity index (χ3n) is 3.17. The first kappa shape index (κ1) is 13.2. The first-order chi connectivity index (χ1) is 9.18. The summed E-state index contributed by atoms with van der Waals surface area (Å²) in [5.41, 5.74) is 0.696. The van der Waals surface area contributed by atoms with Crippen molar-refractivity contribution in [3.8, 4) is 0 Å². The number of rotatable bonds is 4. The highest BCUT2D eigenvalue weighted by atomic mass is 16.4. The molecule has 100 valence electrons. The molecule has 19 heavy (non-hydrogen) atoms. The Hall–Kier alpha value is -2.24. The number of aliphatic carboxylic acids is 1. The molecule has 1 aromatic rings. The Morgan fingerprint density at radius 2 is 2.05 bits per heavy atom. The van der Waals surface area contributed by atoms with Crippen molar-refractivity contribution < 1.29 is 14.7 Å². The molecular weight excluding hydrogens is 246 g/mol. The van der Waals surface area contributed by atoms with Gasteiger partial charge in [-0.15, -0.1) is 0 Å². The molecule has 0 bridgehead atoms. The van der Waals surface area contributed by atoms with Crippen LogP contribution in [0.15, 0.2) is 30.7 Å². The van der Waals surface area contributed by atoms with E-state index in [4.69, 9.17) is 5.11 Å². The molecule has 1 aliphatic carbocycles. The number of amides is 1. The maximum absolute atomic E-state index is 12.0. The van der Waals surface area contributed by atoms with Crippen LogP contribution in [0.1, 0.15) is 18.5 Å². The van der Waals surface area contributed by atoms with Crippen molar-refractivity contribution in [3.05, 3.63) is 36.4 Å². The fourth-order valence-electron chi connectivity index (χ4n) is 2.11. The van der Waals surface area contributed by atoms with E-state index in [2.05, 4.69) is 15.3 Å². The SMILES string of the molecule is O=C(O)C1CC=CCC1C(=O)NCc1ccncn1. The van der Waals surface area contributed by atoms with Gasteiger partial charge in [-0.3, -0.25) is 9.59 Å². The van der Waals surface area contributed by atoms with Crippen LogP contribution in [-0.2, 0) is 16.1 Å². The third-order valence-corrected chi connectivity index (χ3v) is 3.17. The fourth-order valence-corrected chi connectivity index (χ4v) is 2.11. The second-order valence-corrected chi connectivity index (χ2v) is 4.41. The number of carbonyl (C=O) groups excluding carboxylic acids is 1. The molecule has 0 fully saturated rings. The molecule has 2 rings (SSSR count). The van der Waals surface area contributed by atoms with E-state index in [0.717, 1.165) is 0 Å². The monoisotopic (exact) mass is 261 g/mol. The summed E-state index contributed by atoms with van der Waals surface area (Å²) < 4.78 is 0. The maximum atomic E-state index is 12.0. The Kier molecular flexibility index (Phi) is 4.22. The zero-order valence-electron chi connectivity index (χ0n) is 10.3. The van der Waals surface area contributed by atoms with E-state index in [0.29, 0.717) is 18.5 Å². The summed E-state index contributed by atoms with van der Waals surface area (Å²) in [6.45, 7) is 0.286. The van der Waals surface area contributed by atoms with Crippen LogP contribution in [0.4, 0.5) is 0 Å². The Labute approximate surface area is 110 Å². The average molecular weight is 261 g/mol. The van der Waals surface area contributed by atoms with Crippen molar-refractivity contribution in [3.63, 3.8) is 0 Å². The summed E-state index contributed by atoms with van der Waals surface area (Å²) in [5.74, 6) is -2.32. The van der Waals surface area contributed by atoms with Crippen molar-refractivity contribution in [1.82, 2.24) is 15.3 Å². The van der Waals surface area contributed by atoms with Crippen molar-refractivity contribution >= 4 is 11.9 Å². The number of allylic oxidation sites excluding steroid dienone is 2. The second-order valence-electron chi connectivity index (χ2n) is 4.41. The smallest absolute Gasteiger partial charge is 0.307 e. The van der Waals surface area contributed by atoms with Crippen LogP contribution in [0.5, 0.6) is 0 Å². The average Bonchev–Trinajstić information content (AvgIpc) is 2.46. The van der Waals surface area contributed by atoms with Gasteiger partial charge in [-0.2, -0.15) is 0 Å². The van der Waals surface area contributed by atoms with Crippen LogP contribution in [0.25, 0.3) is 0 Å². The van der Waals surface area contributed by atoms with Crippen LogP contribution in [-0.4, -0.2) is 27.0 Å². The first-order valence-electron chi connectivity index (χ1n) is 6.09. The van der Waals surface area contributed by atoms with Gasteiger partial charge in [0.2, 0.25) is 5.91 Å². The number of carboxylic acid groups (broad SMARTS) is 1. The van der Waals surface area contributed by atoms with E-state index in [1.165, 1.54) is 6.33 Å². The van der Waals surface area contributed by atoms with Crippen molar-refractivity contribution in [1.29, 1.82) is 0 Å². The highest BCUT2D eigenvalue weighted by molar-refractivity contribution is 5.85. The van der Waals surface area contributed by atoms with Gasteiger partial charge in [-0.05, 0) is 18.9 Å². The van der Waals surface area contributed by atoms with Crippen molar-refractivity contribution in [2.24, 2.45) is 11.8 Å². The zero-order valence-corrected chi connectivity index (χ0v) is 10.3. The summed E-state index contributed by atoms with van der Waals surface area (Å²) in [4.78, 5) is 30.9. The number of carboxylic acids is 1. The van der Waals surface area contributed by atoms with Gasteiger partial charge >= 0.3 is 5.97 Å². The standard InChI is InChI=1S/C13H15N3O3/c17-12(15-7-9-5-6-14-8-16-9)10-3-1-2-4-11(10)13(18)19/h1-2,5-6,8,10-11H,3-4,7H2,(H,15,17)(H,18,19). The molecule has 1 amide bonds. The van der Waals surface area contributed by atoms with E-state index in [9.17, 15) is 9.59 Å². The largest absolute Gasteiger partial charge is 0.481 e. The lowest BCUT2D eigenvalue weighted by Crippen LogP contribution is -2.38. The second kappa shape index (κ2) is 6.08. The van der Waals surface area contributed by atoms with Crippen LogP contribution in [0.2, 0.25) is 0 Å². The quantitative estimate of drug-likeness (QED) is 0.781. The van der Waals surface area contributed by atoms with Gasteiger partial charge in [0, 0.05) is 6.20 Å². The van der Waals surface area contributed by atoms with Gasteiger partial charge < -0.3 is 10.4 Å². The minimum atomic E-state index is -0.925. The molecule has 2 atom stereocenters. The molecule has 0 spiro atoms. The summed E-state index contributed by atoms with van der Waals surface area (Å²) >= 11 is 0. The van der Waals surface area contributed by atoms with E-state index in [1.807, 2.05) is 12.2 Å². The molecule has 0 radical (unpaired) electrons. The summed E-state index contributed by atoms with van der Waals surface area (Å²) in [7, 11) is 0. The Balaban J connectivity index is 1.95. The summed E-state index contributed by atoms with van der Waals surface area (Å²) in [6, 6.07) is 1.70. The molecule has 6 nitrogen and oxygen atoms in total. The lowest BCUT2D eigenvalue weighted by Gasteiger charge is -2.24.